The van der Waals surface area contributed by atoms with E-state index in [-0.39, 0.29) is 23.0 Å². The fourth-order valence-electron chi connectivity index (χ4n) is 3.17. The van der Waals surface area contributed by atoms with Gasteiger partial charge in [0.15, 0.2) is 5.78 Å². The van der Waals surface area contributed by atoms with Crippen LogP contribution in [0.5, 0.6) is 0 Å². The minimum Gasteiger partial charge on any atom is -0.295 e. The van der Waals surface area contributed by atoms with Crippen molar-refractivity contribution in [2.75, 3.05) is 0 Å². The van der Waals surface area contributed by atoms with Crippen molar-refractivity contribution >= 4 is 5.78 Å². The molecule has 0 N–H and O–H groups in total. The second-order valence-electron chi connectivity index (χ2n) is 7.82. The fourth-order valence-corrected chi connectivity index (χ4v) is 3.17. The van der Waals surface area contributed by atoms with Gasteiger partial charge in [-0.15, -0.1) is 0 Å². The summed E-state index contributed by atoms with van der Waals surface area (Å²) in [6.45, 7) is 10.8. The topological polar surface area (TPSA) is 17.1 Å². The SMILES string of the molecule is C/C1=C\CC(C)(C)/C=C/C(=O)[C@H](C)C(c2ccc(C)cc2)CC1. The molecule has 1 aromatic carbocycles. The van der Waals surface area contributed by atoms with Crippen LogP contribution in [0, 0.1) is 18.3 Å². The molecule has 1 heteroatoms. The maximum atomic E-state index is 12.7. The molecule has 0 amide bonds. The van der Waals surface area contributed by atoms with E-state index in [1.54, 1.807) is 0 Å². The van der Waals surface area contributed by atoms with Crippen molar-refractivity contribution in [3.05, 3.63) is 59.2 Å². The van der Waals surface area contributed by atoms with Crippen LogP contribution >= 0.6 is 0 Å². The Bertz CT molecular complexity index is 601. The highest BCUT2D eigenvalue weighted by atomic mass is 16.1. The molecular formula is C22H30O. The van der Waals surface area contributed by atoms with Crippen LogP contribution in [0.1, 0.15) is 64.0 Å². The van der Waals surface area contributed by atoms with E-state index in [0.717, 1.165) is 19.3 Å². The second kappa shape index (κ2) is 7.29. The molecule has 1 aliphatic carbocycles. The van der Waals surface area contributed by atoms with Gasteiger partial charge in [0.1, 0.15) is 0 Å². The van der Waals surface area contributed by atoms with Gasteiger partial charge in [-0.2, -0.15) is 0 Å². The van der Waals surface area contributed by atoms with Gasteiger partial charge in [0.25, 0.3) is 0 Å². The van der Waals surface area contributed by atoms with Crippen molar-refractivity contribution in [3.63, 3.8) is 0 Å². The van der Waals surface area contributed by atoms with Gasteiger partial charge in [-0.3, -0.25) is 4.79 Å². The summed E-state index contributed by atoms with van der Waals surface area (Å²) < 4.78 is 0. The Morgan fingerprint density at radius 1 is 1.09 bits per heavy atom. The molecule has 1 nitrogen and oxygen atoms in total. The van der Waals surface area contributed by atoms with E-state index in [0.29, 0.717) is 0 Å². The summed E-state index contributed by atoms with van der Waals surface area (Å²) in [5.74, 6) is 0.566. The van der Waals surface area contributed by atoms with Gasteiger partial charge >= 0.3 is 0 Å². The monoisotopic (exact) mass is 310 g/mol. The predicted octanol–water partition coefficient (Wildman–Crippen LogP) is 6.00. The molecule has 0 radical (unpaired) electrons. The summed E-state index contributed by atoms with van der Waals surface area (Å²) in [5, 5.41) is 0. The zero-order valence-corrected chi connectivity index (χ0v) is 15.2. The number of rotatable bonds is 1. The molecule has 23 heavy (non-hydrogen) atoms. The molecule has 0 fully saturated rings. The smallest absolute Gasteiger partial charge is 0.158 e. The molecule has 124 valence electrons. The first kappa shape index (κ1) is 17.7. The Labute approximate surface area is 141 Å². The molecule has 0 saturated carbocycles. The summed E-state index contributed by atoms with van der Waals surface area (Å²) in [7, 11) is 0. The van der Waals surface area contributed by atoms with E-state index in [9.17, 15) is 4.79 Å². The third kappa shape index (κ3) is 4.92. The molecule has 0 aromatic heterocycles. The standard InChI is InChI=1S/C22H30O/c1-16-6-9-19(10-7-16)20-11-8-17(2)12-14-22(4,5)15-13-21(23)18(20)3/h6-7,9-10,12-13,15,18,20H,8,11,14H2,1-5H3/b15-13+,17-12+/t18-,20?/m1/s1. The van der Waals surface area contributed by atoms with Gasteiger partial charge in [0.2, 0.25) is 0 Å². The van der Waals surface area contributed by atoms with Crippen LogP contribution in [0.4, 0.5) is 0 Å². The molecule has 2 rings (SSSR count). The van der Waals surface area contributed by atoms with Gasteiger partial charge in [0.05, 0.1) is 0 Å². The Morgan fingerprint density at radius 2 is 1.74 bits per heavy atom. The molecule has 0 saturated heterocycles. The average Bonchev–Trinajstić information content (AvgIpc) is 2.53. The van der Waals surface area contributed by atoms with Crippen molar-refractivity contribution < 1.29 is 4.79 Å². The highest BCUT2D eigenvalue weighted by Gasteiger charge is 2.25. The zero-order chi connectivity index (χ0) is 17.0. The van der Waals surface area contributed by atoms with Crippen LogP contribution in [-0.4, -0.2) is 5.78 Å². The van der Waals surface area contributed by atoms with Gasteiger partial charge in [-0.1, -0.05) is 68.3 Å². The summed E-state index contributed by atoms with van der Waals surface area (Å²) in [4.78, 5) is 12.7. The van der Waals surface area contributed by atoms with Gasteiger partial charge < -0.3 is 0 Å². The maximum absolute atomic E-state index is 12.7. The lowest BCUT2D eigenvalue weighted by Crippen LogP contribution is -2.19. The van der Waals surface area contributed by atoms with E-state index in [1.165, 1.54) is 16.7 Å². The first-order chi connectivity index (χ1) is 10.8. The molecule has 1 aromatic rings. The first-order valence-corrected chi connectivity index (χ1v) is 8.74. The third-order valence-electron chi connectivity index (χ3n) is 5.08. The van der Waals surface area contributed by atoms with E-state index in [1.807, 2.05) is 6.08 Å². The summed E-state index contributed by atoms with van der Waals surface area (Å²) in [6.07, 6.45) is 9.34. The summed E-state index contributed by atoms with van der Waals surface area (Å²) in [5.41, 5.74) is 4.03. The van der Waals surface area contributed by atoms with Crippen LogP contribution in [0.2, 0.25) is 0 Å². The zero-order valence-electron chi connectivity index (χ0n) is 15.2. The van der Waals surface area contributed by atoms with Gasteiger partial charge in [-0.25, -0.2) is 0 Å². The van der Waals surface area contributed by atoms with E-state index in [4.69, 9.17) is 0 Å². The Kier molecular flexibility index (Phi) is 5.62. The first-order valence-electron chi connectivity index (χ1n) is 8.74. The van der Waals surface area contributed by atoms with Crippen molar-refractivity contribution in [3.8, 4) is 0 Å². The van der Waals surface area contributed by atoms with Crippen LogP contribution in [0.25, 0.3) is 0 Å². The van der Waals surface area contributed by atoms with E-state index >= 15 is 0 Å². The summed E-state index contributed by atoms with van der Waals surface area (Å²) >= 11 is 0. The van der Waals surface area contributed by atoms with Crippen molar-refractivity contribution in [2.24, 2.45) is 11.3 Å². The van der Waals surface area contributed by atoms with Crippen LogP contribution in [0.3, 0.4) is 0 Å². The van der Waals surface area contributed by atoms with Crippen LogP contribution in [-0.2, 0) is 4.79 Å². The van der Waals surface area contributed by atoms with Crippen LogP contribution in [0.15, 0.2) is 48.1 Å². The quantitative estimate of drug-likeness (QED) is 0.582. The van der Waals surface area contributed by atoms with Crippen molar-refractivity contribution in [1.29, 1.82) is 0 Å². The molecule has 0 spiro atoms. The lowest BCUT2D eigenvalue weighted by Gasteiger charge is -2.23. The highest BCUT2D eigenvalue weighted by Crippen LogP contribution is 2.34. The molecule has 1 unspecified atom stereocenters. The number of allylic oxidation sites excluding steroid dienone is 4. The normalized spacial score (nSPS) is 29.3. The van der Waals surface area contributed by atoms with Gasteiger partial charge in [-0.05, 0) is 56.1 Å². The second-order valence-corrected chi connectivity index (χ2v) is 7.82. The highest BCUT2D eigenvalue weighted by molar-refractivity contribution is 5.92. The molecule has 2 atom stereocenters. The Hall–Kier alpha value is -1.63. The number of ketones is 1. The minimum atomic E-state index is 0.0238. The number of benzene rings is 1. The van der Waals surface area contributed by atoms with Crippen molar-refractivity contribution in [1.82, 2.24) is 0 Å². The largest absolute Gasteiger partial charge is 0.295 e. The Morgan fingerprint density at radius 3 is 2.39 bits per heavy atom. The minimum absolute atomic E-state index is 0.0238. The lowest BCUT2D eigenvalue weighted by molar-refractivity contribution is -0.118. The van der Waals surface area contributed by atoms with E-state index < -0.39 is 0 Å². The number of hydrogen-bond donors (Lipinski definition) is 0. The molecule has 0 heterocycles. The third-order valence-corrected chi connectivity index (χ3v) is 5.08. The number of hydrogen-bond acceptors (Lipinski definition) is 1. The maximum Gasteiger partial charge on any atom is 0.158 e. The molecule has 0 aliphatic heterocycles. The Balaban J connectivity index is 2.34. The van der Waals surface area contributed by atoms with Crippen LogP contribution < -0.4 is 0 Å². The fraction of sp³-hybridized carbons (Fsp3) is 0.500. The molecule has 1 aliphatic rings. The average molecular weight is 310 g/mol. The molecular weight excluding hydrogens is 280 g/mol. The predicted molar refractivity (Wildman–Crippen MR) is 98.6 cm³/mol. The lowest BCUT2D eigenvalue weighted by atomic mass is 9.80. The van der Waals surface area contributed by atoms with E-state index in [2.05, 4.69) is 71.0 Å². The van der Waals surface area contributed by atoms with Gasteiger partial charge in [0, 0.05) is 5.92 Å². The summed E-state index contributed by atoms with van der Waals surface area (Å²) in [6, 6.07) is 8.69. The molecule has 0 bridgehead atoms. The number of carbonyl (C=O) groups is 1. The number of carbonyl (C=O) groups excluding carboxylic acids is 1. The van der Waals surface area contributed by atoms with Crippen molar-refractivity contribution in [2.45, 2.75) is 59.8 Å². The number of aryl methyl sites for hydroxylation is 1.